The van der Waals surface area contributed by atoms with Gasteiger partial charge in [0.25, 0.3) is 0 Å². The Hall–Kier alpha value is -1.52. The Balaban J connectivity index is 2.65. The van der Waals surface area contributed by atoms with Gasteiger partial charge in [0.1, 0.15) is 11.6 Å². The number of aromatic amines is 1. The van der Waals surface area contributed by atoms with Crippen LogP contribution in [0.5, 0.6) is 5.75 Å². The van der Waals surface area contributed by atoms with Crippen molar-refractivity contribution in [2.24, 2.45) is 5.73 Å². The van der Waals surface area contributed by atoms with Crippen LogP contribution >= 0.6 is 11.6 Å². The van der Waals surface area contributed by atoms with Gasteiger partial charge < -0.3 is 15.5 Å². The van der Waals surface area contributed by atoms with E-state index >= 15 is 0 Å². The number of hydrogen-bond donors (Lipinski definition) is 2. The first-order valence-electron chi connectivity index (χ1n) is 5.67. The molecule has 0 amide bonds. The van der Waals surface area contributed by atoms with Crippen LogP contribution in [0.2, 0.25) is 5.02 Å². The van der Waals surface area contributed by atoms with Crippen LogP contribution < -0.4 is 10.5 Å². The largest absolute Gasteiger partial charge is 0.496 e. The standard InChI is InChI=1S/C13H16ClN3O/c1-7-4-12(18-3)9(5-10(7)14)13-11(6-15)16-8(2)17-13/h4-5H,6,15H2,1-3H3,(H,16,17). The minimum Gasteiger partial charge on any atom is -0.496 e. The number of methoxy groups -OCH3 is 1. The lowest BCUT2D eigenvalue weighted by atomic mass is 10.1. The molecule has 1 aromatic carbocycles. The second-order valence-electron chi connectivity index (χ2n) is 4.16. The molecule has 18 heavy (non-hydrogen) atoms. The van der Waals surface area contributed by atoms with Gasteiger partial charge in [0.2, 0.25) is 0 Å². The van der Waals surface area contributed by atoms with Crippen molar-refractivity contribution >= 4 is 11.6 Å². The minimum atomic E-state index is 0.394. The normalized spacial score (nSPS) is 10.7. The molecule has 0 radical (unpaired) electrons. The van der Waals surface area contributed by atoms with E-state index in [-0.39, 0.29) is 0 Å². The Morgan fingerprint density at radius 1 is 1.39 bits per heavy atom. The van der Waals surface area contributed by atoms with Gasteiger partial charge in [0.05, 0.1) is 18.5 Å². The molecular weight excluding hydrogens is 250 g/mol. The van der Waals surface area contributed by atoms with Crippen LogP contribution in [0.15, 0.2) is 12.1 Å². The van der Waals surface area contributed by atoms with E-state index in [1.165, 1.54) is 0 Å². The molecular formula is C13H16ClN3O. The van der Waals surface area contributed by atoms with E-state index in [1.54, 1.807) is 7.11 Å². The summed E-state index contributed by atoms with van der Waals surface area (Å²) in [5, 5.41) is 0.689. The highest BCUT2D eigenvalue weighted by Crippen LogP contribution is 2.35. The third-order valence-electron chi connectivity index (χ3n) is 2.84. The maximum Gasteiger partial charge on any atom is 0.128 e. The third-order valence-corrected chi connectivity index (χ3v) is 3.24. The molecule has 1 heterocycles. The summed E-state index contributed by atoms with van der Waals surface area (Å²) in [4.78, 5) is 7.60. The quantitative estimate of drug-likeness (QED) is 0.897. The molecule has 2 rings (SSSR count). The van der Waals surface area contributed by atoms with Crippen LogP contribution in [0.4, 0.5) is 0 Å². The number of nitrogens with one attached hydrogen (secondary N) is 1. The van der Waals surface area contributed by atoms with Crippen LogP contribution in [0.25, 0.3) is 11.3 Å². The molecule has 0 aliphatic heterocycles. The van der Waals surface area contributed by atoms with Gasteiger partial charge >= 0.3 is 0 Å². The van der Waals surface area contributed by atoms with E-state index in [4.69, 9.17) is 22.1 Å². The van der Waals surface area contributed by atoms with Gasteiger partial charge in [0.15, 0.2) is 0 Å². The SMILES string of the molecule is COc1cc(C)c(Cl)cc1-c1nc(C)[nH]c1CN. The fourth-order valence-corrected chi connectivity index (χ4v) is 2.08. The third kappa shape index (κ3) is 2.21. The Morgan fingerprint density at radius 3 is 2.72 bits per heavy atom. The van der Waals surface area contributed by atoms with Crippen LogP contribution in [0.3, 0.4) is 0 Å². The molecule has 0 fully saturated rings. The van der Waals surface area contributed by atoms with E-state index in [1.807, 2.05) is 26.0 Å². The Morgan fingerprint density at radius 2 is 2.11 bits per heavy atom. The zero-order chi connectivity index (χ0) is 13.3. The van der Waals surface area contributed by atoms with Crippen molar-refractivity contribution in [3.8, 4) is 17.0 Å². The highest BCUT2D eigenvalue weighted by Gasteiger charge is 2.15. The molecule has 4 nitrogen and oxygen atoms in total. The smallest absolute Gasteiger partial charge is 0.128 e. The molecule has 5 heteroatoms. The van der Waals surface area contributed by atoms with Gasteiger partial charge in [-0.2, -0.15) is 0 Å². The molecule has 0 bridgehead atoms. The highest BCUT2D eigenvalue weighted by molar-refractivity contribution is 6.31. The number of benzene rings is 1. The molecule has 0 saturated heterocycles. The van der Waals surface area contributed by atoms with E-state index in [9.17, 15) is 0 Å². The van der Waals surface area contributed by atoms with Crippen LogP contribution in [-0.4, -0.2) is 17.1 Å². The lowest BCUT2D eigenvalue weighted by molar-refractivity contribution is 0.416. The maximum absolute atomic E-state index is 6.17. The van der Waals surface area contributed by atoms with Crippen molar-refractivity contribution in [1.29, 1.82) is 0 Å². The first kappa shape index (κ1) is 12.9. The number of rotatable bonds is 3. The summed E-state index contributed by atoms with van der Waals surface area (Å²) in [5.74, 6) is 1.57. The van der Waals surface area contributed by atoms with Gasteiger partial charge in [-0.3, -0.25) is 0 Å². The van der Waals surface area contributed by atoms with Crippen LogP contribution in [0, 0.1) is 13.8 Å². The van der Waals surface area contributed by atoms with Crippen molar-refractivity contribution in [1.82, 2.24) is 9.97 Å². The number of H-pyrrole nitrogens is 1. The summed E-state index contributed by atoms with van der Waals surface area (Å²) < 4.78 is 5.39. The van der Waals surface area contributed by atoms with Crippen molar-refractivity contribution in [2.45, 2.75) is 20.4 Å². The summed E-state index contributed by atoms with van der Waals surface area (Å²) in [5.41, 5.74) is 9.23. The van der Waals surface area contributed by atoms with Crippen molar-refractivity contribution in [3.05, 3.63) is 34.2 Å². The molecule has 0 atom stereocenters. The fourth-order valence-electron chi connectivity index (χ4n) is 1.92. The van der Waals surface area contributed by atoms with Gasteiger partial charge in [-0.15, -0.1) is 0 Å². The lowest BCUT2D eigenvalue weighted by Crippen LogP contribution is -2.00. The van der Waals surface area contributed by atoms with Gasteiger partial charge in [-0.05, 0) is 31.5 Å². The molecule has 2 aromatic rings. The van der Waals surface area contributed by atoms with E-state index in [0.29, 0.717) is 11.6 Å². The number of aromatic nitrogens is 2. The first-order chi connectivity index (χ1) is 8.56. The predicted molar refractivity (Wildman–Crippen MR) is 73.0 cm³/mol. The molecule has 0 saturated carbocycles. The maximum atomic E-state index is 6.17. The Kier molecular flexibility index (Phi) is 3.59. The van der Waals surface area contributed by atoms with E-state index in [2.05, 4.69) is 9.97 Å². The Bertz CT molecular complexity index is 578. The molecule has 1 aromatic heterocycles. The second-order valence-corrected chi connectivity index (χ2v) is 4.56. The number of hydrogen-bond acceptors (Lipinski definition) is 3. The lowest BCUT2D eigenvalue weighted by Gasteiger charge is -2.10. The fraction of sp³-hybridized carbons (Fsp3) is 0.308. The van der Waals surface area contributed by atoms with Crippen molar-refractivity contribution in [3.63, 3.8) is 0 Å². The van der Waals surface area contributed by atoms with Gasteiger partial charge in [-0.25, -0.2) is 4.98 Å². The average Bonchev–Trinajstić information content (AvgIpc) is 2.73. The number of ether oxygens (including phenoxy) is 1. The summed E-state index contributed by atoms with van der Waals surface area (Å²) in [6.45, 7) is 4.23. The number of halogens is 1. The molecule has 0 aliphatic rings. The van der Waals surface area contributed by atoms with Crippen molar-refractivity contribution < 1.29 is 4.74 Å². The van der Waals surface area contributed by atoms with E-state index in [0.717, 1.165) is 34.1 Å². The molecule has 3 N–H and O–H groups in total. The van der Waals surface area contributed by atoms with Gasteiger partial charge in [-0.1, -0.05) is 11.6 Å². The highest BCUT2D eigenvalue weighted by atomic mass is 35.5. The number of nitrogens with two attached hydrogens (primary N) is 1. The monoisotopic (exact) mass is 265 g/mol. The minimum absolute atomic E-state index is 0.394. The first-order valence-corrected chi connectivity index (χ1v) is 6.04. The molecule has 0 aliphatic carbocycles. The van der Waals surface area contributed by atoms with Crippen LogP contribution in [0.1, 0.15) is 17.1 Å². The number of aryl methyl sites for hydroxylation is 2. The summed E-state index contributed by atoms with van der Waals surface area (Å²) in [6.07, 6.45) is 0. The molecule has 96 valence electrons. The second kappa shape index (κ2) is 5.00. The predicted octanol–water partition coefficient (Wildman–Crippen LogP) is 2.81. The van der Waals surface area contributed by atoms with Crippen molar-refractivity contribution in [2.75, 3.05) is 7.11 Å². The number of nitrogens with zero attached hydrogens (tertiary/aromatic N) is 1. The summed E-state index contributed by atoms with van der Waals surface area (Å²) in [7, 11) is 1.63. The Labute approximate surface area is 111 Å². The summed E-state index contributed by atoms with van der Waals surface area (Å²) in [6, 6.07) is 3.77. The van der Waals surface area contributed by atoms with Crippen LogP contribution in [-0.2, 0) is 6.54 Å². The van der Waals surface area contributed by atoms with Gasteiger partial charge in [0, 0.05) is 17.1 Å². The average molecular weight is 266 g/mol. The zero-order valence-electron chi connectivity index (χ0n) is 10.7. The van der Waals surface area contributed by atoms with E-state index < -0.39 is 0 Å². The zero-order valence-corrected chi connectivity index (χ0v) is 11.4. The topological polar surface area (TPSA) is 63.9 Å². The molecule has 0 unspecified atom stereocenters. The number of imidazole rings is 1. The summed E-state index contributed by atoms with van der Waals surface area (Å²) >= 11 is 6.17. The molecule has 0 spiro atoms.